The number of amides is 1. The van der Waals surface area contributed by atoms with E-state index in [2.05, 4.69) is 0 Å². The Labute approximate surface area is 149 Å². The van der Waals surface area contributed by atoms with Gasteiger partial charge in [-0.25, -0.2) is 0 Å². The molecule has 5 nitrogen and oxygen atoms in total. The Bertz CT molecular complexity index is 677. The number of carbonyl (C=O) groups excluding carboxylic acids is 1. The topological polar surface area (TPSA) is 66.8 Å². The van der Waals surface area contributed by atoms with Crippen LogP contribution in [0.4, 0.5) is 13.2 Å². The van der Waals surface area contributed by atoms with Crippen LogP contribution in [0, 0.1) is 5.41 Å². The highest BCUT2D eigenvalue weighted by atomic mass is 19.4. The van der Waals surface area contributed by atoms with Crippen LogP contribution in [0.1, 0.15) is 36.8 Å². The second-order valence-electron chi connectivity index (χ2n) is 6.81. The predicted octanol–water partition coefficient (Wildman–Crippen LogP) is 3.15. The van der Waals surface area contributed by atoms with Crippen molar-refractivity contribution < 1.29 is 32.6 Å². The van der Waals surface area contributed by atoms with E-state index in [-0.39, 0.29) is 25.5 Å². The molecule has 0 saturated carbocycles. The number of ether oxygens (including phenoxy) is 1. The Morgan fingerprint density at radius 3 is 2.65 bits per heavy atom. The molecule has 2 atom stereocenters. The van der Waals surface area contributed by atoms with Gasteiger partial charge in [-0.2, -0.15) is 13.2 Å². The average molecular weight is 373 g/mol. The van der Waals surface area contributed by atoms with Gasteiger partial charge in [0, 0.05) is 26.6 Å². The molecule has 1 N–H and O–H groups in total. The van der Waals surface area contributed by atoms with Crippen molar-refractivity contribution in [2.45, 2.75) is 31.9 Å². The van der Waals surface area contributed by atoms with E-state index in [4.69, 9.17) is 4.74 Å². The lowest BCUT2D eigenvalue weighted by Gasteiger charge is -2.24. The van der Waals surface area contributed by atoms with Gasteiger partial charge in [-0.3, -0.25) is 9.59 Å². The van der Waals surface area contributed by atoms with E-state index in [1.165, 1.54) is 18.1 Å². The molecule has 1 fully saturated rings. The summed E-state index contributed by atoms with van der Waals surface area (Å²) in [5.41, 5.74) is -1.45. The first-order chi connectivity index (χ1) is 12.1. The third-order valence-electron chi connectivity index (χ3n) is 4.84. The summed E-state index contributed by atoms with van der Waals surface area (Å²) in [4.78, 5) is 25.5. The monoisotopic (exact) mass is 373 g/mol. The number of likely N-dealkylation sites (tertiary alicyclic amines) is 1. The van der Waals surface area contributed by atoms with Gasteiger partial charge in [0.2, 0.25) is 5.91 Å². The average Bonchev–Trinajstić information content (AvgIpc) is 3.00. The van der Waals surface area contributed by atoms with Crippen molar-refractivity contribution in [1.29, 1.82) is 0 Å². The Morgan fingerprint density at radius 1 is 1.38 bits per heavy atom. The Hall–Kier alpha value is -2.09. The van der Waals surface area contributed by atoms with Gasteiger partial charge in [-0.15, -0.1) is 0 Å². The van der Waals surface area contributed by atoms with Crippen molar-refractivity contribution >= 4 is 11.9 Å². The summed E-state index contributed by atoms with van der Waals surface area (Å²) in [6.07, 6.45) is -4.13. The van der Waals surface area contributed by atoms with Crippen LogP contribution < -0.4 is 0 Å². The number of carboxylic acid groups (broad SMARTS) is 1. The van der Waals surface area contributed by atoms with Crippen LogP contribution in [0.2, 0.25) is 0 Å². The fourth-order valence-electron chi connectivity index (χ4n) is 3.25. The summed E-state index contributed by atoms with van der Waals surface area (Å²) in [7, 11) is 1.41. The molecule has 0 aliphatic carbocycles. The molecular formula is C18H22F3NO4. The molecule has 0 radical (unpaired) electrons. The summed E-state index contributed by atoms with van der Waals surface area (Å²) < 4.78 is 43.5. The molecule has 1 aromatic rings. The summed E-state index contributed by atoms with van der Waals surface area (Å²) in [6.45, 7) is 2.03. The van der Waals surface area contributed by atoms with Crippen molar-refractivity contribution in [2.24, 2.45) is 5.41 Å². The van der Waals surface area contributed by atoms with Gasteiger partial charge in [0.15, 0.2) is 0 Å². The molecule has 2 unspecified atom stereocenters. The minimum Gasteiger partial charge on any atom is -0.481 e. The van der Waals surface area contributed by atoms with Crippen molar-refractivity contribution in [3.8, 4) is 0 Å². The number of carboxylic acids is 1. The fourth-order valence-corrected chi connectivity index (χ4v) is 3.25. The minimum atomic E-state index is -4.43. The zero-order valence-electron chi connectivity index (χ0n) is 14.7. The van der Waals surface area contributed by atoms with E-state index < -0.39 is 29.0 Å². The first-order valence-electron chi connectivity index (χ1n) is 8.26. The number of halogens is 3. The Morgan fingerprint density at radius 2 is 2.08 bits per heavy atom. The van der Waals surface area contributed by atoms with Gasteiger partial charge >= 0.3 is 12.1 Å². The van der Waals surface area contributed by atoms with Crippen LogP contribution in [0.5, 0.6) is 0 Å². The Balaban J connectivity index is 2.05. The quantitative estimate of drug-likeness (QED) is 0.832. The number of nitrogens with zero attached hydrogens (tertiary/aromatic N) is 1. The molecule has 2 rings (SSSR count). The van der Waals surface area contributed by atoms with Crippen LogP contribution in [-0.2, 0) is 20.5 Å². The van der Waals surface area contributed by atoms with E-state index in [1.807, 2.05) is 0 Å². The smallest absolute Gasteiger partial charge is 0.416 e. The summed E-state index contributed by atoms with van der Waals surface area (Å²) in [6, 6.07) is 4.92. The second-order valence-corrected chi connectivity index (χ2v) is 6.81. The SMILES string of the molecule is COCC1(C(=O)O)CCN(C(=O)CC(C)c2cccc(C(F)(F)F)c2)C1. The maximum absolute atomic E-state index is 12.8. The maximum Gasteiger partial charge on any atom is 0.416 e. The number of carbonyl (C=O) groups is 2. The highest BCUT2D eigenvalue weighted by molar-refractivity contribution is 5.81. The van der Waals surface area contributed by atoms with E-state index in [1.54, 1.807) is 13.0 Å². The number of hydrogen-bond acceptors (Lipinski definition) is 3. The number of benzene rings is 1. The molecule has 1 aromatic carbocycles. The highest BCUT2D eigenvalue weighted by Crippen LogP contribution is 2.34. The van der Waals surface area contributed by atoms with Crippen LogP contribution in [0.3, 0.4) is 0 Å². The zero-order chi connectivity index (χ0) is 19.5. The number of methoxy groups -OCH3 is 1. The van der Waals surface area contributed by atoms with Crippen LogP contribution in [0.25, 0.3) is 0 Å². The van der Waals surface area contributed by atoms with Crippen molar-refractivity contribution in [1.82, 2.24) is 4.90 Å². The van der Waals surface area contributed by atoms with Gasteiger partial charge in [-0.05, 0) is 24.0 Å². The summed E-state index contributed by atoms with van der Waals surface area (Å²) in [5.74, 6) is -1.69. The lowest BCUT2D eigenvalue weighted by atomic mass is 9.88. The highest BCUT2D eigenvalue weighted by Gasteiger charge is 2.46. The molecule has 144 valence electrons. The molecule has 8 heteroatoms. The first-order valence-corrected chi connectivity index (χ1v) is 8.26. The fraction of sp³-hybridized carbons (Fsp3) is 0.556. The van der Waals surface area contributed by atoms with Gasteiger partial charge in [-0.1, -0.05) is 25.1 Å². The van der Waals surface area contributed by atoms with Gasteiger partial charge in [0.25, 0.3) is 0 Å². The normalized spacial score (nSPS) is 21.7. The van der Waals surface area contributed by atoms with Crippen LogP contribution in [0.15, 0.2) is 24.3 Å². The van der Waals surface area contributed by atoms with Gasteiger partial charge in [0.05, 0.1) is 12.2 Å². The molecule has 0 spiro atoms. The van der Waals surface area contributed by atoms with Crippen molar-refractivity contribution in [2.75, 3.05) is 26.8 Å². The molecule has 26 heavy (non-hydrogen) atoms. The third kappa shape index (κ3) is 4.35. The predicted molar refractivity (Wildman–Crippen MR) is 87.6 cm³/mol. The van der Waals surface area contributed by atoms with Crippen molar-refractivity contribution in [3.63, 3.8) is 0 Å². The van der Waals surface area contributed by atoms with E-state index in [0.29, 0.717) is 18.5 Å². The Kier molecular flexibility index (Phi) is 5.95. The molecule has 0 bridgehead atoms. The van der Waals surface area contributed by atoms with Crippen molar-refractivity contribution in [3.05, 3.63) is 35.4 Å². The molecule has 1 aliphatic heterocycles. The number of hydrogen-bond donors (Lipinski definition) is 1. The van der Waals surface area contributed by atoms with Gasteiger partial charge < -0.3 is 14.7 Å². The number of rotatable bonds is 6. The molecular weight excluding hydrogens is 351 g/mol. The lowest BCUT2D eigenvalue weighted by molar-refractivity contribution is -0.151. The third-order valence-corrected chi connectivity index (χ3v) is 4.84. The molecule has 1 amide bonds. The lowest BCUT2D eigenvalue weighted by Crippen LogP contribution is -2.40. The zero-order valence-corrected chi connectivity index (χ0v) is 14.7. The van der Waals surface area contributed by atoms with Gasteiger partial charge in [0.1, 0.15) is 5.41 Å². The molecule has 1 heterocycles. The number of alkyl halides is 3. The summed E-state index contributed by atoms with van der Waals surface area (Å²) in [5, 5.41) is 9.44. The standard InChI is InChI=1S/C18H22F3NO4/c1-12(13-4-3-5-14(9-13)18(19,20)21)8-15(23)22-7-6-17(10-22,11-26-2)16(24)25/h3-5,9,12H,6-8,10-11H2,1-2H3,(H,24,25). The van der Waals surface area contributed by atoms with Crippen LogP contribution >= 0.6 is 0 Å². The largest absolute Gasteiger partial charge is 0.481 e. The van der Waals surface area contributed by atoms with E-state index in [0.717, 1.165) is 12.1 Å². The van der Waals surface area contributed by atoms with E-state index in [9.17, 15) is 27.9 Å². The van der Waals surface area contributed by atoms with Crippen LogP contribution in [-0.4, -0.2) is 48.7 Å². The second kappa shape index (κ2) is 7.65. The maximum atomic E-state index is 12.8. The molecule has 0 aromatic heterocycles. The minimum absolute atomic E-state index is 0.00922. The first kappa shape index (κ1) is 20.2. The number of aliphatic carboxylic acids is 1. The van der Waals surface area contributed by atoms with E-state index >= 15 is 0 Å². The summed E-state index contributed by atoms with van der Waals surface area (Å²) >= 11 is 0. The molecule has 1 aliphatic rings. The molecule has 1 saturated heterocycles.